The first kappa shape index (κ1) is 18.1. The second-order valence-corrected chi connectivity index (χ2v) is 6.83. The van der Waals surface area contributed by atoms with Crippen LogP contribution in [0.5, 0.6) is 5.75 Å². The average Bonchev–Trinajstić information content (AvgIpc) is 3.25. The van der Waals surface area contributed by atoms with Gasteiger partial charge in [-0.15, -0.1) is 0 Å². The minimum absolute atomic E-state index is 0.103. The van der Waals surface area contributed by atoms with Crippen molar-refractivity contribution in [2.45, 2.75) is 18.7 Å². The molecule has 0 spiro atoms. The van der Waals surface area contributed by atoms with Gasteiger partial charge in [0.2, 0.25) is 0 Å². The fraction of sp³-hybridized carbons (Fsp3) is 0.312. The lowest BCUT2D eigenvalue weighted by atomic mass is 10.3. The zero-order valence-electron chi connectivity index (χ0n) is 13.6. The van der Waals surface area contributed by atoms with Crippen molar-refractivity contribution in [1.82, 2.24) is 19.6 Å². The molecule has 1 aliphatic heterocycles. The number of alkyl halides is 3. The molecular weight excluding hydrogens is 406 g/mol. The van der Waals surface area contributed by atoms with E-state index in [1.165, 1.54) is 10.8 Å². The van der Waals surface area contributed by atoms with Gasteiger partial charge in [-0.3, -0.25) is 0 Å². The highest BCUT2D eigenvalue weighted by atomic mass is 35.5. The molecule has 2 aromatic heterocycles. The first-order chi connectivity index (χ1) is 12.8. The molecule has 1 saturated heterocycles. The summed E-state index contributed by atoms with van der Waals surface area (Å²) in [4.78, 5) is 9.07. The lowest BCUT2D eigenvalue weighted by molar-refractivity contribution is -0.141. The number of hydrogen-bond acceptors (Lipinski definition) is 5. The summed E-state index contributed by atoms with van der Waals surface area (Å²) in [5, 5.41) is 4.77. The molecule has 4 rings (SSSR count). The lowest BCUT2D eigenvalue weighted by Crippen LogP contribution is -2.27. The molecule has 11 heteroatoms. The molecule has 1 aliphatic rings. The molecule has 0 aliphatic carbocycles. The van der Waals surface area contributed by atoms with Gasteiger partial charge in [0.05, 0.1) is 16.6 Å². The molecule has 1 unspecified atom stereocenters. The molecule has 6 nitrogen and oxygen atoms in total. The second-order valence-electron chi connectivity index (χ2n) is 6.02. The van der Waals surface area contributed by atoms with E-state index in [0.29, 0.717) is 35.3 Å². The summed E-state index contributed by atoms with van der Waals surface area (Å²) in [6.07, 6.45) is -2.99. The van der Waals surface area contributed by atoms with Crippen molar-refractivity contribution < 1.29 is 17.9 Å². The number of benzene rings is 1. The summed E-state index contributed by atoms with van der Waals surface area (Å²) in [5.41, 5.74) is -1.01. The first-order valence-electron chi connectivity index (χ1n) is 7.96. The lowest BCUT2D eigenvalue weighted by Gasteiger charge is -2.20. The summed E-state index contributed by atoms with van der Waals surface area (Å²) in [6.45, 7) is 0.888. The summed E-state index contributed by atoms with van der Waals surface area (Å²) in [5.74, 6) is 0.714. The number of fused-ring (bicyclic) bond motifs is 1. The van der Waals surface area contributed by atoms with Crippen LogP contribution < -0.4 is 9.64 Å². The van der Waals surface area contributed by atoms with Gasteiger partial charge in [-0.2, -0.15) is 27.8 Å². The van der Waals surface area contributed by atoms with E-state index in [1.807, 2.05) is 0 Å². The van der Waals surface area contributed by atoms with Crippen molar-refractivity contribution >= 4 is 34.8 Å². The Labute approximate surface area is 161 Å². The van der Waals surface area contributed by atoms with Gasteiger partial charge in [0.25, 0.3) is 5.78 Å². The van der Waals surface area contributed by atoms with Crippen molar-refractivity contribution in [2.75, 3.05) is 18.0 Å². The van der Waals surface area contributed by atoms with Crippen LogP contribution in [-0.2, 0) is 6.18 Å². The Balaban J connectivity index is 1.58. The number of halogens is 5. The Morgan fingerprint density at radius 3 is 2.70 bits per heavy atom. The summed E-state index contributed by atoms with van der Waals surface area (Å²) in [7, 11) is 0. The fourth-order valence-corrected chi connectivity index (χ4v) is 3.23. The standard InChI is InChI=1S/C16H12Cl2F3N5O/c17-11-2-1-9(5-12(11)18)27-10-3-4-25(7-10)14-6-13(16(19,20)21)24-15-22-8-23-26(14)15/h1-2,5-6,8,10H,3-4,7H2. The van der Waals surface area contributed by atoms with Gasteiger partial charge in [-0.05, 0) is 12.1 Å². The molecule has 1 aromatic carbocycles. The van der Waals surface area contributed by atoms with Crippen LogP contribution in [0.2, 0.25) is 10.0 Å². The Hall–Kier alpha value is -2.26. The van der Waals surface area contributed by atoms with E-state index in [1.54, 1.807) is 23.1 Å². The molecular formula is C16H12Cl2F3N5O. The Bertz CT molecular complexity index is 994. The van der Waals surface area contributed by atoms with Crippen LogP contribution in [-0.4, -0.2) is 38.8 Å². The van der Waals surface area contributed by atoms with Gasteiger partial charge in [-0.1, -0.05) is 23.2 Å². The third-order valence-corrected chi connectivity index (χ3v) is 4.93. The number of rotatable bonds is 3. The average molecular weight is 418 g/mol. The molecule has 1 atom stereocenters. The van der Waals surface area contributed by atoms with Crippen LogP contribution in [0.15, 0.2) is 30.6 Å². The van der Waals surface area contributed by atoms with Crippen molar-refractivity contribution in [3.8, 4) is 5.75 Å². The summed E-state index contributed by atoms with van der Waals surface area (Å²) >= 11 is 11.9. The highest BCUT2D eigenvalue weighted by molar-refractivity contribution is 6.42. The van der Waals surface area contributed by atoms with Gasteiger partial charge in [0.15, 0.2) is 5.69 Å². The van der Waals surface area contributed by atoms with E-state index in [4.69, 9.17) is 27.9 Å². The fourth-order valence-electron chi connectivity index (χ4n) is 2.94. The molecule has 0 amide bonds. The second kappa shape index (κ2) is 6.72. The van der Waals surface area contributed by atoms with E-state index in [2.05, 4.69) is 15.1 Å². The van der Waals surface area contributed by atoms with Crippen LogP contribution in [0, 0.1) is 0 Å². The normalized spacial score (nSPS) is 17.7. The molecule has 1 fully saturated rings. The maximum atomic E-state index is 13.1. The predicted octanol–water partition coefficient (Wildman–Crippen LogP) is 4.11. The highest BCUT2D eigenvalue weighted by Crippen LogP contribution is 2.32. The smallest absolute Gasteiger partial charge is 0.433 e. The van der Waals surface area contributed by atoms with Gasteiger partial charge in [-0.25, -0.2) is 4.98 Å². The highest BCUT2D eigenvalue weighted by Gasteiger charge is 2.35. The largest absolute Gasteiger partial charge is 0.488 e. The minimum atomic E-state index is -4.57. The molecule has 27 heavy (non-hydrogen) atoms. The number of ether oxygens (including phenoxy) is 1. The van der Waals surface area contributed by atoms with Gasteiger partial charge >= 0.3 is 6.18 Å². The van der Waals surface area contributed by atoms with Crippen molar-refractivity contribution in [2.24, 2.45) is 0 Å². The molecule has 0 N–H and O–H groups in total. The van der Waals surface area contributed by atoms with E-state index in [9.17, 15) is 13.2 Å². The van der Waals surface area contributed by atoms with E-state index in [-0.39, 0.29) is 17.7 Å². The van der Waals surface area contributed by atoms with Crippen molar-refractivity contribution in [3.05, 3.63) is 46.3 Å². The third kappa shape index (κ3) is 3.61. The molecule has 0 saturated carbocycles. The topological polar surface area (TPSA) is 55.6 Å². The minimum Gasteiger partial charge on any atom is -0.488 e. The Kier molecular flexibility index (Phi) is 4.51. The van der Waals surface area contributed by atoms with Crippen LogP contribution in [0.25, 0.3) is 5.78 Å². The van der Waals surface area contributed by atoms with Crippen molar-refractivity contribution in [1.29, 1.82) is 0 Å². The van der Waals surface area contributed by atoms with Crippen LogP contribution in [0.1, 0.15) is 12.1 Å². The molecule has 3 aromatic rings. The van der Waals surface area contributed by atoms with E-state index in [0.717, 1.165) is 6.07 Å². The predicted molar refractivity (Wildman–Crippen MR) is 93.5 cm³/mol. The summed E-state index contributed by atoms with van der Waals surface area (Å²) in [6, 6.07) is 5.91. The van der Waals surface area contributed by atoms with Crippen LogP contribution in [0.3, 0.4) is 0 Å². The van der Waals surface area contributed by atoms with E-state index >= 15 is 0 Å². The monoisotopic (exact) mass is 417 g/mol. The maximum absolute atomic E-state index is 13.1. The number of hydrogen-bond donors (Lipinski definition) is 0. The van der Waals surface area contributed by atoms with Gasteiger partial charge < -0.3 is 9.64 Å². The number of aromatic nitrogens is 4. The molecule has 0 radical (unpaired) electrons. The molecule has 0 bridgehead atoms. The van der Waals surface area contributed by atoms with Gasteiger partial charge in [0.1, 0.15) is 24.0 Å². The Morgan fingerprint density at radius 1 is 1.15 bits per heavy atom. The zero-order valence-corrected chi connectivity index (χ0v) is 15.1. The van der Waals surface area contributed by atoms with Gasteiger partial charge in [0, 0.05) is 25.1 Å². The van der Waals surface area contributed by atoms with Crippen LogP contribution >= 0.6 is 23.2 Å². The molecule has 142 valence electrons. The number of anilines is 1. The third-order valence-electron chi connectivity index (χ3n) is 4.19. The molecule has 3 heterocycles. The Morgan fingerprint density at radius 2 is 1.96 bits per heavy atom. The first-order valence-corrected chi connectivity index (χ1v) is 8.71. The van der Waals surface area contributed by atoms with Crippen LogP contribution in [0.4, 0.5) is 19.0 Å². The number of nitrogens with zero attached hydrogens (tertiary/aromatic N) is 5. The van der Waals surface area contributed by atoms with Crippen molar-refractivity contribution in [3.63, 3.8) is 0 Å². The summed E-state index contributed by atoms with van der Waals surface area (Å²) < 4.78 is 46.6. The quantitative estimate of drug-likeness (QED) is 0.641. The maximum Gasteiger partial charge on any atom is 0.433 e. The zero-order chi connectivity index (χ0) is 19.2. The van der Waals surface area contributed by atoms with E-state index < -0.39 is 11.9 Å². The SMILES string of the molecule is FC(F)(F)c1cc(N2CCC(Oc3ccc(Cl)c(Cl)c3)C2)n2ncnc2n1.